The van der Waals surface area contributed by atoms with Crippen molar-refractivity contribution in [2.45, 2.75) is 18.6 Å². The summed E-state index contributed by atoms with van der Waals surface area (Å²) in [5.41, 5.74) is 0.521. The van der Waals surface area contributed by atoms with Crippen molar-refractivity contribution < 1.29 is 17.1 Å². The summed E-state index contributed by atoms with van der Waals surface area (Å²) in [5.74, 6) is -0.443. The molecular weight excluding hydrogens is 318 g/mol. The molecule has 0 spiro atoms. The lowest BCUT2D eigenvalue weighted by Gasteiger charge is -2.17. The van der Waals surface area contributed by atoms with Crippen LogP contribution < -0.4 is 4.90 Å². The van der Waals surface area contributed by atoms with Gasteiger partial charge in [0, 0.05) is 19.2 Å². The minimum atomic E-state index is -4.77. The highest BCUT2D eigenvalue weighted by Crippen LogP contribution is 2.34. The van der Waals surface area contributed by atoms with Gasteiger partial charge >= 0.3 is 10.2 Å². The van der Waals surface area contributed by atoms with Gasteiger partial charge in [0.25, 0.3) is 0 Å². The van der Waals surface area contributed by atoms with Gasteiger partial charge in [0.15, 0.2) is 5.82 Å². The molecule has 0 aromatic carbocycles. The van der Waals surface area contributed by atoms with Crippen molar-refractivity contribution in [3.05, 3.63) is 21.8 Å². The lowest BCUT2D eigenvalue weighted by atomic mass is 10.3. The smallest absolute Gasteiger partial charge is 0.294 e. The Kier molecular flexibility index (Phi) is 3.72. The Balaban J connectivity index is 2.39. The van der Waals surface area contributed by atoms with Gasteiger partial charge < -0.3 is 0 Å². The number of pyridine rings is 1. The van der Waals surface area contributed by atoms with Gasteiger partial charge in [-0.3, -0.25) is 9.69 Å². The van der Waals surface area contributed by atoms with Gasteiger partial charge in [-0.25, -0.2) is 4.98 Å². The average molecular weight is 327 g/mol. The second kappa shape index (κ2) is 4.88. The second-order valence-electron chi connectivity index (χ2n) is 4.17. The number of hydrogen-bond donors (Lipinski definition) is 0. The first-order valence-corrected chi connectivity index (χ1v) is 7.46. The van der Waals surface area contributed by atoms with E-state index in [2.05, 4.69) is 4.98 Å². The van der Waals surface area contributed by atoms with Crippen LogP contribution in [0.5, 0.6) is 0 Å². The van der Waals surface area contributed by atoms with Crippen LogP contribution in [-0.4, -0.2) is 31.1 Å². The van der Waals surface area contributed by atoms with Crippen LogP contribution in [0.1, 0.15) is 12.0 Å². The Morgan fingerprint density at radius 2 is 2.11 bits per heavy atom. The van der Waals surface area contributed by atoms with E-state index in [9.17, 15) is 17.1 Å². The normalized spacial score (nSPS) is 20.1. The van der Waals surface area contributed by atoms with Crippen molar-refractivity contribution >= 4 is 45.2 Å². The molecule has 1 unspecified atom stereocenters. The van der Waals surface area contributed by atoms with Crippen LogP contribution in [0.15, 0.2) is 6.20 Å². The molecule has 0 saturated carbocycles. The van der Waals surface area contributed by atoms with Gasteiger partial charge in [0.05, 0.1) is 10.0 Å². The van der Waals surface area contributed by atoms with E-state index in [1.165, 1.54) is 6.20 Å². The van der Waals surface area contributed by atoms with E-state index in [4.69, 9.17) is 23.2 Å². The molecule has 2 rings (SSSR count). The fourth-order valence-corrected chi connectivity index (χ4v) is 2.91. The van der Waals surface area contributed by atoms with Crippen molar-refractivity contribution in [3.63, 3.8) is 0 Å². The third-order valence-corrected chi connectivity index (χ3v) is 4.87. The maximum atomic E-state index is 12.9. The molecule has 0 bridgehead atoms. The zero-order chi connectivity index (χ0) is 14.4. The number of anilines is 1. The zero-order valence-electron chi connectivity index (χ0n) is 9.73. The molecule has 9 heteroatoms. The fourth-order valence-electron chi connectivity index (χ4n) is 1.80. The minimum Gasteiger partial charge on any atom is -0.294 e. The maximum absolute atomic E-state index is 12.9. The highest BCUT2D eigenvalue weighted by molar-refractivity contribution is 7.87. The predicted octanol–water partition coefficient (Wildman–Crippen LogP) is 2.10. The molecule has 1 atom stereocenters. The van der Waals surface area contributed by atoms with E-state index < -0.39 is 27.8 Å². The Hall–Kier alpha value is -0.920. The zero-order valence-corrected chi connectivity index (χ0v) is 12.1. The summed E-state index contributed by atoms with van der Waals surface area (Å²) in [6, 6.07) is 0. The van der Waals surface area contributed by atoms with Crippen LogP contribution in [0.3, 0.4) is 0 Å². The van der Waals surface area contributed by atoms with Crippen LogP contribution in [0.25, 0.3) is 0 Å². The molecule has 1 fully saturated rings. The Labute approximate surface area is 119 Å². The fraction of sp³-hybridized carbons (Fsp3) is 0.400. The summed E-state index contributed by atoms with van der Waals surface area (Å²) in [6.45, 7) is 1.34. The van der Waals surface area contributed by atoms with Crippen LogP contribution >= 0.6 is 23.2 Å². The quantitative estimate of drug-likeness (QED) is 0.780. The van der Waals surface area contributed by atoms with E-state index in [1.54, 1.807) is 6.92 Å². The van der Waals surface area contributed by atoms with E-state index in [0.29, 0.717) is 10.6 Å². The van der Waals surface area contributed by atoms with Gasteiger partial charge in [-0.1, -0.05) is 23.2 Å². The van der Waals surface area contributed by atoms with E-state index >= 15 is 0 Å². The first-order chi connectivity index (χ1) is 8.71. The molecule has 1 aliphatic rings. The number of carbonyl (C=O) groups excluding carboxylic acids is 1. The summed E-state index contributed by atoms with van der Waals surface area (Å²) in [7, 11) is -4.77. The topological polar surface area (TPSA) is 67.3 Å². The molecule has 19 heavy (non-hydrogen) atoms. The molecule has 104 valence electrons. The summed E-state index contributed by atoms with van der Waals surface area (Å²) in [6.07, 6.45) is 0.890. The first kappa shape index (κ1) is 14.5. The number of rotatable bonds is 2. The Morgan fingerprint density at radius 3 is 2.63 bits per heavy atom. The van der Waals surface area contributed by atoms with Gasteiger partial charge in [0.1, 0.15) is 5.25 Å². The lowest BCUT2D eigenvalue weighted by Crippen LogP contribution is -2.28. The molecule has 1 saturated heterocycles. The molecule has 1 amide bonds. The second-order valence-corrected chi connectivity index (χ2v) is 6.58. The average Bonchev–Trinajstić information content (AvgIpc) is 2.68. The highest BCUT2D eigenvalue weighted by Gasteiger charge is 2.40. The van der Waals surface area contributed by atoms with Gasteiger partial charge in [-0.15, -0.1) is 3.89 Å². The SMILES string of the molecule is Cc1c(Cl)cnc(N2CC(S(=O)(=O)F)CC2=O)c1Cl. The van der Waals surface area contributed by atoms with Crippen molar-refractivity contribution in [3.8, 4) is 0 Å². The van der Waals surface area contributed by atoms with Gasteiger partial charge in [-0.2, -0.15) is 8.42 Å². The van der Waals surface area contributed by atoms with Crippen LogP contribution in [-0.2, 0) is 15.0 Å². The molecule has 2 heterocycles. The molecule has 0 N–H and O–H groups in total. The molecule has 1 aromatic rings. The lowest BCUT2D eigenvalue weighted by molar-refractivity contribution is -0.117. The van der Waals surface area contributed by atoms with Crippen molar-refractivity contribution in [1.82, 2.24) is 4.98 Å². The Bertz CT molecular complexity index is 650. The van der Waals surface area contributed by atoms with Crippen LogP contribution in [0, 0.1) is 6.92 Å². The molecular formula is C10H9Cl2FN2O3S. The van der Waals surface area contributed by atoms with Crippen molar-refractivity contribution in [2.24, 2.45) is 0 Å². The number of nitrogens with zero attached hydrogens (tertiary/aromatic N) is 2. The van der Waals surface area contributed by atoms with Crippen LogP contribution in [0.2, 0.25) is 10.0 Å². The van der Waals surface area contributed by atoms with Gasteiger partial charge in [0.2, 0.25) is 5.91 Å². The number of hydrogen-bond acceptors (Lipinski definition) is 4. The molecule has 1 aliphatic heterocycles. The minimum absolute atomic E-state index is 0.0970. The number of amides is 1. The summed E-state index contributed by atoms with van der Waals surface area (Å²) in [5, 5.41) is -0.901. The largest absolute Gasteiger partial charge is 0.307 e. The third-order valence-electron chi connectivity index (χ3n) is 2.93. The first-order valence-electron chi connectivity index (χ1n) is 5.26. The Morgan fingerprint density at radius 1 is 1.47 bits per heavy atom. The van der Waals surface area contributed by atoms with E-state index in [-0.39, 0.29) is 17.4 Å². The van der Waals surface area contributed by atoms with Gasteiger partial charge in [-0.05, 0) is 12.5 Å². The summed E-state index contributed by atoms with van der Waals surface area (Å²) >= 11 is 11.8. The maximum Gasteiger partial charge on any atom is 0.307 e. The van der Waals surface area contributed by atoms with Crippen molar-refractivity contribution in [2.75, 3.05) is 11.4 Å². The summed E-state index contributed by atoms with van der Waals surface area (Å²) < 4.78 is 34.6. The molecule has 0 radical (unpaired) electrons. The number of halogens is 3. The standard InChI is InChI=1S/C10H9Cl2FN2O3S/c1-5-7(11)3-14-10(9(5)12)15-4-6(2-8(15)16)19(13,17)18/h3,6H,2,4H2,1H3. The van der Waals surface area contributed by atoms with Crippen LogP contribution in [0.4, 0.5) is 9.70 Å². The predicted molar refractivity (Wildman–Crippen MR) is 69.8 cm³/mol. The van der Waals surface area contributed by atoms with E-state index in [0.717, 1.165) is 4.90 Å². The number of carbonyl (C=O) groups is 1. The van der Waals surface area contributed by atoms with E-state index in [1.807, 2.05) is 0 Å². The number of aromatic nitrogens is 1. The highest BCUT2D eigenvalue weighted by atomic mass is 35.5. The molecule has 1 aromatic heterocycles. The molecule has 0 aliphatic carbocycles. The third kappa shape index (κ3) is 2.68. The summed E-state index contributed by atoms with van der Waals surface area (Å²) in [4.78, 5) is 16.7. The monoisotopic (exact) mass is 326 g/mol. The molecule has 5 nitrogen and oxygen atoms in total. The van der Waals surface area contributed by atoms with Crippen molar-refractivity contribution in [1.29, 1.82) is 0 Å².